The third kappa shape index (κ3) is 4.91. The molecule has 0 radical (unpaired) electrons. The Kier molecular flexibility index (Phi) is 5.11. The maximum absolute atomic E-state index is 11.9. The fourth-order valence-electron chi connectivity index (χ4n) is 1.81. The molecule has 1 aliphatic carbocycles. The molecule has 0 spiro atoms. The zero-order valence-corrected chi connectivity index (χ0v) is 10.2. The van der Waals surface area contributed by atoms with Crippen molar-refractivity contribution in [3.05, 3.63) is 0 Å². The SMILES string of the molecule is FC(F)(F)SCCC1CCCCC1Br. The molecule has 0 aromatic rings. The van der Waals surface area contributed by atoms with Gasteiger partial charge in [0.2, 0.25) is 0 Å². The molecular formula is C9H14BrF3S. The smallest absolute Gasteiger partial charge is 0.160 e. The van der Waals surface area contributed by atoms with Crippen LogP contribution in [-0.2, 0) is 0 Å². The summed E-state index contributed by atoms with van der Waals surface area (Å²) < 4.78 is 35.6. The van der Waals surface area contributed by atoms with Crippen LogP contribution in [0.5, 0.6) is 0 Å². The van der Waals surface area contributed by atoms with Crippen molar-refractivity contribution in [1.82, 2.24) is 0 Å². The summed E-state index contributed by atoms with van der Waals surface area (Å²) in [5.41, 5.74) is -4.06. The molecule has 0 N–H and O–H groups in total. The summed E-state index contributed by atoms with van der Waals surface area (Å²) in [5.74, 6) is 0.648. The van der Waals surface area contributed by atoms with Crippen molar-refractivity contribution in [3.63, 3.8) is 0 Å². The van der Waals surface area contributed by atoms with Gasteiger partial charge in [0.05, 0.1) is 0 Å². The lowest BCUT2D eigenvalue weighted by Crippen LogP contribution is -2.20. The molecule has 0 aromatic carbocycles. The van der Waals surface area contributed by atoms with Gasteiger partial charge in [-0.15, -0.1) is 0 Å². The average Bonchev–Trinajstić information content (AvgIpc) is 2.06. The standard InChI is InChI=1S/C9H14BrF3S/c10-8-4-2-1-3-7(8)5-6-14-9(11,12)13/h7-8H,1-6H2. The first-order valence-corrected chi connectivity index (χ1v) is 6.74. The fourth-order valence-corrected chi connectivity index (χ4v) is 3.32. The number of rotatable bonds is 3. The highest BCUT2D eigenvalue weighted by Crippen LogP contribution is 2.36. The van der Waals surface area contributed by atoms with Gasteiger partial charge in [0.25, 0.3) is 0 Å². The first-order valence-electron chi connectivity index (χ1n) is 4.84. The minimum Gasteiger partial charge on any atom is -0.160 e. The van der Waals surface area contributed by atoms with Gasteiger partial charge in [-0.25, -0.2) is 0 Å². The molecule has 0 saturated heterocycles. The molecule has 1 saturated carbocycles. The van der Waals surface area contributed by atoms with Crippen LogP contribution in [0.2, 0.25) is 0 Å². The Morgan fingerprint density at radius 3 is 2.43 bits per heavy atom. The van der Waals surface area contributed by atoms with Crippen LogP contribution < -0.4 is 0 Å². The van der Waals surface area contributed by atoms with E-state index in [1.54, 1.807) is 0 Å². The first kappa shape index (κ1) is 12.7. The number of alkyl halides is 4. The van der Waals surface area contributed by atoms with Crippen LogP contribution in [0.15, 0.2) is 0 Å². The van der Waals surface area contributed by atoms with Crippen molar-refractivity contribution < 1.29 is 13.2 Å². The molecular weight excluding hydrogens is 277 g/mol. The zero-order chi connectivity index (χ0) is 10.6. The van der Waals surface area contributed by atoms with E-state index in [0.29, 0.717) is 17.2 Å². The van der Waals surface area contributed by atoms with Crippen molar-refractivity contribution >= 4 is 27.7 Å². The number of hydrogen-bond donors (Lipinski definition) is 0. The van der Waals surface area contributed by atoms with E-state index in [0.717, 1.165) is 12.8 Å². The van der Waals surface area contributed by atoms with Gasteiger partial charge in [0.15, 0.2) is 0 Å². The van der Waals surface area contributed by atoms with Crippen molar-refractivity contribution in [2.75, 3.05) is 5.75 Å². The molecule has 1 aliphatic rings. The lowest BCUT2D eigenvalue weighted by atomic mass is 9.87. The molecule has 14 heavy (non-hydrogen) atoms. The summed E-state index contributed by atoms with van der Waals surface area (Å²) in [5, 5.41) is 0. The first-order chi connectivity index (χ1) is 6.49. The second-order valence-electron chi connectivity index (χ2n) is 3.64. The second-order valence-corrected chi connectivity index (χ2v) is 5.98. The number of hydrogen-bond acceptors (Lipinski definition) is 1. The van der Waals surface area contributed by atoms with E-state index in [1.165, 1.54) is 12.8 Å². The Morgan fingerprint density at radius 2 is 1.86 bits per heavy atom. The highest BCUT2D eigenvalue weighted by molar-refractivity contribution is 9.09. The normalized spacial score (nSPS) is 29.1. The van der Waals surface area contributed by atoms with Crippen LogP contribution in [0.4, 0.5) is 13.2 Å². The van der Waals surface area contributed by atoms with Gasteiger partial charge in [-0.3, -0.25) is 0 Å². The average molecular weight is 291 g/mol. The van der Waals surface area contributed by atoms with Gasteiger partial charge < -0.3 is 0 Å². The van der Waals surface area contributed by atoms with Gasteiger partial charge in [-0.05, 0) is 25.2 Å². The van der Waals surface area contributed by atoms with Crippen LogP contribution in [0, 0.1) is 5.92 Å². The summed E-state index contributed by atoms with van der Waals surface area (Å²) in [6, 6.07) is 0. The van der Waals surface area contributed by atoms with Crippen LogP contribution in [0.25, 0.3) is 0 Å². The summed E-state index contributed by atoms with van der Waals surface area (Å²) in [7, 11) is 0. The molecule has 84 valence electrons. The monoisotopic (exact) mass is 290 g/mol. The molecule has 0 heterocycles. The van der Waals surface area contributed by atoms with Gasteiger partial charge in [0, 0.05) is 10.6 Å². The molecule has 0 amide bonds. The topological polar surface area (TPSA) is 0 Å². The summed E-state index contributed by atoms with van der Waals surface area (Å²) in [4.78, 5) is 0.435. The Labute approximate surface area is 95.1 Å². The van der Waals surface area contributed by atoms with Gasteiger partial charge in [-0.1, -0.05) is 40.5 Å². The Balaban J connectivity index is 2.17. The van der Waals surface area contributed by atoms with E-state index >= 15 is 0 Å². The van der Waals surface area contributed by atoms with E-state index in [2.05, 4.69) is 15.9 Å². The highest BCUT2D eigenvalue weighted by atomic mass is 79.9. The van der Waals surface area contributed by atoms with E-state index in [1.807, 2.05) is 0 Å². The summed E-state index contributed by atoms with van der Waals surface area (Å²) >= 11 is 3.65. The van der Waals surface area contributed by atoms with Crippen molar-refractivity contribution in [2.24, 2.45) is 5.92 Å². The molecule has 0 bridgehead atoms. The summed E-state index contributed by atoms with van der Waals surface area (Å²) in [6.07, 6.45) is 5.25. The Morgan fingerprint density at radius 1 is 1.21 bits per heavy atom. The molecule has 0 aliphatic heterocycles. The van der Waals surface area contributed by atoms with Gasteiger partial charge in [-0.2, -0.15) is 13.2 Å². The van der Waals surface area contributed by atoms with Crippen LogP contribution in [-0.4, -0.2) is 16.1 Å². The quantitative estimate of drug-likeness (QED) is 0.686. The Bertz CT molecular complexity index is 172. The van der Waals surface area contributed by atoms with E-state index < -0.39 is 5.51 Å². The largest absolute Gasteiger partial charge is 0.441 e. The van der Waals surface area contributed by atoms with Crippen molar-refractivity contribution in [3.8, 4) is 0 Å². The molecule has 0 nitrogen and oxygen atoms in total. The lowest BCUT2D eigenvalue weighted by Gasteiger charge is -2.27. The number of thioether (sulfide) groups is 1. The molecule has 2 atom stereocenters. The predicted octanol–water partition coefficient (Wildman–Crippen LogP) is 4.58. The molecule has 0 aromatic heterocycles. The molecule has 1 rings (SSSR count). The van der Waals surface area contributed by atoms with Crippen LogP contribution in [0.3, 0.4) is 0 Å². The van der Waals surface area contributed by atoms with Crippen molar-refractivity contribution in [2.45, 2.75) is 42.4 Å². The lowest BCUT2D eigenvalue weighted by molar-refractivity contribution is -0.0328. The molecule has 2 unspecified atom stereocenters. The van der Waals surface area contributed by atoms with E-state index in [9.17, 15) is 13.2 Å². The maximum atomic E-state index is 11.9. The van der Waals surface area contributed by atoms with E-state index in [4.69, 9.17) is 0 Å². The highest BCUT2D eigenvalue weighted by Gasteiger charge is 2.29. The minimum absolute atomic E-state index is 0.108. The third-order valence-corrected chi connectivity index (χ3v) is 4.54. The molecule has 1 fully saturated rings. The Hall–Kier alpha value is 0.620. The third-order valence-electron chi connectivity index (χ3n) is 2.57. The fraction of sp³-hybridized carbons (Fsp3) is 1.00. The summed E-state index contributed by atoms with van der Waals surface area (Å²) in [6.45, 7) is 0. The van der Waals surface area contributed by atoms with E-state index in [-0.39, 0.29) is 17.5 Å². The minimum atomic E-state index is -4.06. The van der Waals surface area contributed by atoms with Crippen LogP contribution in [0.1, 0.15) is 32.1 Å². The van der Waals surface area contributed by atoms with Crippen molar-refractivity contribution in [1.29, 1.82) is 0 Å². The van der Waals surface area contributed by atoms with Gasteiger partial charge >= 0.3 is 5.51 Å². The van der Waals surface area contributed by atoms with Crippen LogP contribution >= 0.6 is 27.7 Å². The molecule has 5 heteroatoms. The second kappa shape index (κ2) is 5.64. The van der Waals surface area contributed by atoms with Gasteiger partial charge in [0.1, 0.15) is 0 Å². The zero-order valence-electron chi connectivity index (χ0n) is 7.82. The predicted molar refractivity (Wildman–Crippen MR) is 57.8 cm³/mol. The number of halogens is 4. The maximum Gasteiger partial charge on any atom is 0.441 e.